The maximum Gasteiger partial charge on any atom is 0.228 e. The maximum atomic E-state index is 12.7. The lowest BCUT2D eigenvalue weighted by Crippen LogP contribution is -2.51. The van der Waals surface area contributed by atoms with Gasteiger partial charge in [-0.15, -0.1) is 0 Å². The van der Waals surface area contributed by atoms with Gasteiger partial charge in [0.25, 0.3) is 0 Å². The van der Waals surface area contributed by atoms with E-state index in [1.165, 1.54) is 0 Å². The van der Waals surface area contributed by atoms with Crippen LogP contribution in [-0.2, 0) is 14.4 Å². The fourth-order valence-corrected chi connectivity index (χ4v) is 3.38. The van der Waals surface area contributed by atoms with Crippen molar-refractivity contribution >= 4 is 23.4 Å². The minimum Gasteiger partial charge on any atom is -0.497 e. The van der Waals surface area contributed by atoms with E-state index in [0.717, 1.165) is 11.4 Å². The molecule has 134 valence electrons. The smallest absolute Gasteiger partial charge is 0.228 e. The molecule has 3 rings (SSSR count). The number of anilines is 1. The zero-order chi connectivity index (χ0) is 18.0. The van der Waals surface area contributed by atoms with E-state index >= 15 is 0 Å². The fourth-order valence-electron chi connectivity index (χ4n) is 3.38. The van der Waals surface area contributed by atoms with E-state index in [2.05, 4.69) is 0 Å². The van der Waals surface area contributed by atoms with Crippen LogP contribution in [0.5, 0.6) is 5.75 Å². The Kier molecular flexibility index (Phi) is 4.92. The summed E-state index contributed by atoms with van der Waals surface area (Å²) in [6, 6.07) is 7.27. The molecular formula is C18H23N3O4. The van der Waals surface area contributed by atoms with Gasteiger partial charge in [-0.2, -0.15) is 0 Å². The van der Waals surface area contributed by atoms with Crippen LogP contribution in [0, 0.1) is 5.92 Å². The molecule has 7 nitrogen and oxygen atoms in total. The molecule has 3 amide bonds. The largest absolute Gasteiger partial charge is 0.497 e. The molecule has 2 heterocycles. The first-order valence-electron chi connectivity index (χ1n) is 8.48. The molecule has 1 aromatic carbocycles. The van der Waals surface area contributed by atoms with Gasteiger partial charge in [0.1, 0.15) is 5.75 Å². The zero-order valence-corrected chi connectivity index (χ0v) is 14.6. The molecule has 25 heavy (non-hydrogen) atoms. The van der Waals surface area contributed by atoms with Crippen molar-refractivity contribution in [2.75, 3.05) is 44.7 Å². The van der Waals surface area contributed by atoms with Gasteiger partial charge in [0.05, 0.1) is 13.0 Å². The highest BCUT2D eigenvalue weighted by Crippen LogP contribution is 2.28. The summed E-state index contributed by atoms with van der Waals surface area (Å²) in [6.45, 7) is 4.13. The van der Waals surface area contributed by atoms with E-state index < -0.39 is 0 Å². The highest BCUT2D eigenvalue weighted by atomic mass is 16.5. The van der Waals surface area contributed by atoms with Crippen LogP contribution in [-0.4, -0.2) is 67.4 Å². The molecule has 0 N–H and O–H groups in total. The molecule has 0 radical (unpaired) electrons. The number of ether oxygens (including phenoxy) is 1. The predicted octanol–water partition coefficient (Wildman–Crippen LogP) is 0.739. The lowest BCUT2D eigenvalue weighted by Gasteiger charge is -2.35. The zero-order valence-electron chi connectivity index (χ0n) is 14.6. The first kappa shape index (κ1) is 17.3. The first-order chi connectivity index (χ1) is 12.0. The number of hydrogen-bond donors (Lipinski definition) is 0. The summed E-state index contributed by atoms with van der Waals surface area (Å²) in [7, 11) is 1.59. The van der Waals surface area contributed by atoms with E-state index in [-0.39, 0.29) is 30.1 Å². The maximum absolute atomic E-state index is 12.7. The van der Waals surface area contributed by atoms with Crippen molar-refractivity contribution in [2.24, 2.45) is 5.92 Å². The van der Waals surface area contributed by atoms with Gasteiger partial charge in [-0.05, 0) is 24.3 Å². The number of hydrogen-bond acceptors (Lipinski definition) is 4. The minimum atomic E-state index is -0.321. The number of nitrogens with zero attached hydrogens (tertiary/aromatic N) is 3. The number of rotatable bonds is 3. The van der Waals surface area contributed by atoms with Gasteiger partial charge in [-0.25, -0.2) is 0 Å². The molecule has 2 fully saturated rings. The summed E-state index contributed by atoms with van der Waals surface area (Å²) < 4.78 is 5.13. The number of amides is 3. The molecule has 0 saturated carbocycles. The Labute approximate surface area is 147 Å². The topological polar surface area (TPSA) is 70.2 Å². The minimum absolute atomic E-state index is 0.00700. The van der Waals surface area contributed by atoms with Crippen molar-refractivity contribution in [3.8, 4) is 5.75 Å². The fraction of sp³-hybridized carbons (Fsp3) is 0.500. The molecule has 2 aliphatic heterocycles. The molecule has 1 atom stereocenters. The SMILES string of the molecule is COc1ccc(N2CC(C(=O)N3CCN(C(C)=O)CC3)CC2=O)cc1. The summed E-state index contributed by atoms with van der Waals surface area (Å²) in [6.07, 6.45) is 0.234. The third-order valence-electron chi connectivity index (χ3n) is 4.90. The van der Waals surface area contributed by atoms with Crippen LogP contribution < -0.4 is 9.64 Å². The number of benzene rings is 1. The second kappa shape index (κ2) is 7.13. The third-order valence-corrected chi connectivity index (χ3v) is 4.90. The molecule has 1 aromatic rings. The van der Waals surface area contributed by atoms with Crippen molar-refractivity contribution in [3.63, 3.8) is 0 Å². The third kappa shape index (κ3) is 3.60. The standard InChI is InChI=1S/C18H23N3O4/c1-13(22)19-7-9-20(10-8-19)18(24)14-11-17(23)21(12-14)15-3-5-16(25-2)6-4-15/h3-6,14H,7-12H2,1-2H3. The molecule has 0 spiro atoms. The van der Waals surface area contributed by atoms with Gasteiger partial charge in [0, 0.05) is 51.8 Å². The van der Waals surface area contributed by atoms with Crippen LogP contribution >= 0.6 is 0 Å². The summed E-state index contributed by atoms with van der Waals surface area (Å²) in [5.41, 5.74) is 0.780. The molecule has 0 aliphatic carbocycles. The summed E-state index contributed by atoms with van der Waals surface area (Å²) >= 11 is 0. The molecule has 2 saturated heterocycles. The van der Waals surface area contributed by atoms with Gasteiger partial charge in [0.15, 0.2) is 0 Å². The van der Waals surface area contributed by atoms with E-state index in [0.29, 0.717) is 32.7 Å². The van der Waals surface area contributed by atoms with Crippen LogP contribution in [0.3, 0.4) is 0 Å². The van der Waals surface area contributed by atoms with Crippen molar-refractivity contribution in [2.45, 2.75) is 13.3 Å². The van der Waals surface area contributed by atoms with Crippen molar-refractivity contribution in [1.82, 2.24) is 9.80 Å². The van der Waals surface area contributed by atoms with Crippen LogP contribution in [0.2, 0.25) is 0 Å². The second-order valence-electron chi connectivity index (χ2n) is 6.43. The highest BCUT2D eigenvalue weighted by Gasteiger charge is 2.38. The average molecular weight is 345 g/mol. The quantitative estimate of drug-likeness (QED) is 0.810. The van der Waals surface area contributed by atoms with Crippen molar-refractivity contribution in [1.29, 1.82) is 0 Å². The predicted molar refractivity (Wildman–Crippen MR) is 92.3 cm³/mol. The Morgan fingerprint density at radius 3 is 2.20 bits per heavy atom. The average Bonchev–Trinajstić information content (AvgIpc) is 3.03. The normalized spacial score (nSPS) is 20.8. The first-order valence-corrected chi connectivity index (χ1v) is 8.48. The second-order valence-corrected chi connectivity index (χ2v) is 6.43. The Morgan fingerprint density at radius 1 is 1.04 bits per heavy atom. The number of piperazine rings is 1. The van der Waals surface area contributed by atoms with Gasteiger partial charge in [0.2, 0.25) is 17.7 Å². The van der Waals surface area contributed by atoms with Gasteiger partial charge in [-0.3, -0.25) is 14.4 Å². The van der Waals surface area contributed by atoms with E-state index in [9.17, 15) is 14.4 Å². The van der Waals surface area contributed by atoms with Gasteiger partial charge >= 0.3 is 0 Å². The number of carbonyl (C=O) groups is 3. The van der Waals surface area contributed by atoms with Crippen LogP contribution in [0.25, 0.3) is 0 Å². The Balaban J connectivity index is 1.62. The van der Waals surface area contributed by atoms with Crippen LogP contribution in [0.1, 0.15) is 13.3 Å². The Hall–Kier alpha value is -2.57. The summed E-state index contributed by atoms with van der Waals surface area (Å²) in [5, 5.41) is 0. The number of carbonyl (C=O) groups excluding carboxylic acids is 3. The van der Waals surface area contributed by atoms with Crippen molar-refractivity contribution in [3.05, 3.63) is 24.3 Å². The lowest BCUT2D eigenvalue weighted by atomic mass is 10.1. The molecule has 2 aliphatic rings. The van der Waals surface area contributed by atoms with Gasteiger partial charge < -0.3 is 19.4 Å². The Morgan fingerprint density at radius 2 is 1.64 bits per heavy atom. The summed E-state index contributed by atoms with van der Waals surface area (Å²) in [4.78, 5) is 41.6. The summed E-state index contributed by atoms with van der Waals surface area (Å²) in [5.74, 6) is 0.414. The van der Waals surface area contributed by atoms with Crippen LogP contribution in [0.15, 0.2) is 24.3 Å². The van der Waals surface area contributed by atoms with Crippen LogP contribution in [0.4, 0.5) is 5.69 Å². The van der Waals surface area contributed by atoms with E-state index in [1.807, 2.05) is 12.1 Å². The Bertz CT molecular complexity index is 665. The molecular weight excluding hydrogens is 322 g/mol. The van der Waals surface area contributed by atoms with E-state index in [1.54, 1.807) is 40.9 Å². The van der Waals surface area contributed by atoms with E-state index in [4.69, 9.17) is 4.74 Å². The molecule has 0 bridgehead atoms. The molecule has 1 unspecified atom stereocenters. The number of methoxy groups -OCH3 is 1. The van der Waals surface area contributed by atoms with Gasteiger partial charge in [-0.1, -0.05) is 0 Å². The molecule has 0 aromatic heterocycles. The highest BCUT2D eigenvalue weighted by molar-refractivity contribution is 6.00. The van der Waals surface area contributed by atoms with Crippen molar-refractivity contribution < 1.29 is 19.1 Å². The lowest BCUT2D eigenvalue weighted by molar-refractivity contribution is -0.141. The molecule has 7 heteroatoms. The monoisotopic (exact) mass is 345 g/mol.